The highest BCUT2D eigenvalue weighted by atomic mass is 15.0. The molecule has 0 aliphatic carbocycles. The second-order valence-corrected chi connectivity index (χ2v) is 12.1. The van der Waals surface area contributed by atoms with Gasteiger partial charge in [-0.2, -0.15) is 0 Å². The molecule has 0 aliphatic rings. The average Bonchev–Trinajstić information content (AvgIpc) is 3.50. The normalized spacial score (nSPS) is 12.3. The largest absolute Gasteiger partial charge is 0.291 e. The number of benzene rings is 5. The van der Waals surface area contributed by atoms with Crippen molar-refractivity contribution in [3.8, 4) is 11.3 Å². The molecular weight excluding hydrogens is 536 g/mol. The molecule has 4 nitrogen and oxygen atoms in total. The van der Waals surface area contributed by atoms with E-state index in [0.717, 1.165) is 49.7 Å². The van der Waals surface area contributed by atoms with Crippen molar-refractivity contribution >= 4 is 60.0 Å². The molecule has 4 heterocycles. The van der Waals surface area contributed by atoms with Gasteiger partial charge in [-0.05, 0) is 64.4 Å². The number of rotatable bonds is 3. The van der Waals surface area contributed by atoms with E-state index in [1.54, 1.807) is 0 Å². The predicted octanol–water partition coefficient (Wildman–Crippen LogP) is 9.88. The van der Waals surface area contributed by atoms with Crippen LogP contribution in [0.3, 0.4) is 0 Å². The molecule has 0 unspecified atom stereocenters. The van der Waals surface area contributed by atoms with E-state index in [0.29, 0.717) is 0 Å². The van der Waals surface area contributed by atoms with Crippen LogP contribution >= 0.6 is 0 Å². The summed E-state index contributed by atoms with van der Waals surface area (Å²) in [5.41, 5.74) is 9.49. The maximum absolute atomic E-state index is 5.35. The van der Waals surface area contributed by atoms with E-state index in [9.17, 15) is 0 Å². The van der Waals surface area contributed by atoms with Crippen molar-refractivity contribution in [1.29, 1.82) is 0 Å². The van der Waals surface area contributed by atoms with E-state index in [1.807, 2.05) is 30.6 Å². The zero-order valence-electron chi connectivity index (χ0n) is 24.5. The van der Waals surface area contributed by atoms with Crippen LogP contribution in [-0.4, -0.2) is 19.4 Å². The quantitative estimate of drug-likeness (QED) is 0.201. The first kappa shape index (κ1) is 24.9. The minimum Gasteiger partial charge on any atom is -0.291 e. The smallest absolute Gasteiger partial charge is 0.148 e. The summed E-state index contributed by atoms with van der Waals surface area (Å²) in [7, 11) is 0. The van der Waals surface area contributed by atoms with E-state index < -0.39 is 0 Å². The minimum absolute atomic E-state index is 0.255. The molecule has 0 bridgehead atoms. The lowest BCUT2D eigenvalue weighted by Gasteiger charge is -2.27. The molecule has 5 aromatic carbocycles. The molecule has 9 aromatic rings. The molecule has 208 valence electrons. The molecule has 0 N–H and O–H groups in total. The fourth-order valence-electron chi connectivity index (χ4n) is 7.00. The van der Waals surface area contributed by atoms with Crippen LogP contribution in [0.25, 0.3) is 71.3 Å². The summed E-state index contributed by atoms with van der Waals surface area (Å²) in [6.07, 6.45) is 3.74. The van der Waals surface area contributed by atoms with Crippen LogP contribution in [0.4, 0.5) is 0 Å². The van der Waals surface area contributed by atoms with Gasteiger partial charge in [0.25, 0.3) is 0 Å². The molecule has 0 saturated carbocycles. The highest BCUT2D eigenvalue weighted by molar-refractivity contribution is 6.26. The Hall–Kier alpha value is -5.61. The summed E-state index contributed by atoms with van der Waals surface area (Å²) in [6.45, 7) is 4.60. The van der Waals surface area contributed by atoms with Crippen LogP contribution in [0.2, 0.25) is 0 Å². The molecule has 0 radical (unpaired) electrons. The van der Waals surface area contributed by atoms with Crippen LogP contribution in [0, 0.1) is 0 Å². The van der Waals surface area contributed by atoms with Crippen LogP contribution < -0.4 is 0 Å². The van der Waals surface area contributed by atoms with E-state index >= 15 is 0 Å². The highest BCUT2D eigenvalue weighted by Gasteiger charge is 2.26. The molecule has 0 atom stereocenters. The Morgan fingerprint density at radius 1 is 0.523 bits per heavy atom. The summed E-state index contributed by atoms with van der Waals surface area (Å²) >= 11 is 0. The summed E-state index contributed by atoms with van der Waals surface area (Å²) in [4.78, 5) is 14.9. The lowest BCUT2D eigenvalue weighted by molar-refractivity contribution is 0.642. The monoisotopic (exact) mass is 564 g/mol. The van der Waals surface area contributed by atoms with Crippen LogP contribution in [0.1, 0.15) is 25.0 Å². The Balaban J connectivity index is 1.36. The van der Waals surface area contributed by atoms with Gasteiger partial charge in [-0.3, -0.25) is 14.4 Å². The molecule has 0 fully saturated rings. The van der Waals surface area contributed by atoms with Gasteiger partial charge in [0.15, 0.2) is 0 Å². The number of nitrogens with zero attached hydrogens (tertiary/aromatic N) is 4. The van der Waals surface area contributed by atoms with Crippen molar-refractivity contribution in [2.24, 2.45) is 0 Å². The maximum atomic E-state index is 5.35. The topological polar surface area (TPSA) is 43.1 Å². The van der Waals surface area contributed by atoms with Crippen molar-refractivity contribution in [2.45, 2.75) is 19.3 Å². The SMILES string of the molecule is CC(C)(c1cccc(-c2ccccn2)c1)c1ccc2c(c1)c1ncccc1c1nc3c4ccccc4c4ccccc4c3n21. The lowest BCUT2D eigenvalue weighted by atomic mass is 9.77. The lowest BCUT2D eigenvalue weighted by Crippen LogP contribution is -2.19. The fraction of sp³-hybridized carbons (Fsp3) is 0.0750. The zero-order chi connectivity index (χ0) is 29.4. The molecule has 0 aliphatic heterocycles. The first-order valence-corrected chi connectivity index (χ1v) is 15.0. The number of hydrogen-bond acceptors (Lipinski definition) is 3. The third-order valence-corrected chi connectivity index (χ3v) is 9.34. The summed E-state index contributed by atoms with van der Waals surface area (Å²) in [5, 5.41) is 7.01. The van der Waals surface area contributed by atoms with Gasteiger partial charge in [0.2, 0.25) is 0 Å². The van der Waals surface area contributed by atoms with E-state index in [2.05, 4.69) is 126 Å². The molecule has 0 spiro atoms. The minimum atomic E-state index is -0.255. The highest BCUT2D eigenvalue weighted by Crippen LogP contribution is 2.41. The number of imidazole rings is 1. The average molecular weight is 565 g/mol. The van der Waals surface area contributed by atoms with Gasteiger partial charge in [-0.15, -0.1) is 0 Å². The Morgan fingerprint density at radius 3 is 2.05 bits per heavy atom. The van der Waals surface area contributed by atoms with Gasteiger partial charge < -0.3 is 0 Å². The van der Waals surface area contributed by atoms with E-state index in [-0.39, 0.29) is 5.41 Å². The predicted molar refractivity (Wildman–Crippen MR) is 182 cm³/mol. The molecule has 44 heavy (non-hydrogen) atoms. The maximum Gasteiger partial charge on any atom is 0.148 e. The summed E-state index contributed by atoms with van der Waals surface area (Å²) < 4.78 is 2.36. The van der Waals surface area contributed by atoms with Gasteiger partial charge in [0.05, 0.1) is 27.8 Å². The van der Waals surface area contributed by atoms with Gasteiger partial charge in [0.1, 0.15) is 5.65 Å². The van der Waals surface area contributed by atoms with Crippen molar-refractivity contribution < 1.29 is 0 Å². The third-order valence-electron chi connectivity index (χ3n) is 9.34. The van der Waals surface area contributed by atoms with Gasteiger partial charge in [-0.25, -0.2) is 4.98 Å². The first-order chi connectivity index (χ1) is 21.6. The number of fused-ring (bicyclic) bond motifs is 13. The third kappa shape index (κ3) is 3.48. The second kappa shape index (κ2) is 9.19. The standard InChI is InChI=1S/C40H28N4/c1-40(2,26-12-9-11-25(23-26)34-18-7-8-21-41-34)27-19-20-35-33(24-27)36-32(17-10-22-42-36)39-43-37-30-15-5-3-13-28(30)29-14-4-6-16-31(29)38(37)44(35)39/h3-24H,1-2H3. The molecule has 4 heteroatoms. The van der Waals surface area contributed by atoms with E-state index in [1.165, 1.54) is 32.7 Å². The number of hydrogen-bond donors (Lipinski definition) is 0. The van der Waals surface area contributed by atoms with Crippen molar-refractivity contribution in [3.63, 3.8) is 0 Å². The molecular formula is C40H28N4. The van der Waals surface area contributed by atoms with Crippen molar-refractivity contribution in [3.05, 3.63) is 145 Å². The molecule has 9 rings (SSSR count). The first-order valence-electron chi connectivity index (χ1n) is 15.0. The zero-order valence-corrected chi connectivity index (χ0v) is 24.5. The molecule has 0 amide bonds. The summed E-state index contributed by atoms with van der Waals surface area (Å²) in [5.74, 6) is 0. The fourth-order valence-corrected chi connectivity index (χ4v) is 7.00. The van der Waals surface area contributed by atoms with Crippen LogP contribution in [-0.2, 0) is 5.41 Å². The number of aromatic nitrogens is 4. The van der Waals surface area contributed by atoms with Gasteiger partial charge in [-0.1, -0.05) is 92.7 Å². The van der Waals surface area contributed by atoms with Gasteiger partial charge in [0, 0.05) is 44.9 Å². The van der Waals surface area contributed by atoms with Crippen molar-refractivity contribution in [1.82, 2.24) is 19.4 Å². The Labute approximate surface area is 254 Å². The Kier molecular flexibility index (Phi) is 5.21. The van der Waals surface area contributed by atoms with Gasteiger partial charge >= 0.3 is 0 Å². The van der Waals surface area contributed by atoms with Crippen molar-refractivity contribution in [2.75, 3.05) is 0 Å². The van der Waals surface area contributed by atoms with Crippen LogP contribution in [0.15, 0.2) is 134 Å². The van der Waals surface area contributed by atoms with Crippen LogP contribution in [0.5, 0.6) is 0 Å². The molecule has 0 saturated heterocycles. The Morgan fingerprint density at radius 2 is 1.23 bits per heavy atom. The van der Waals surface area contributed by atoms with E-state index in [4.69, 9.17) is 9.97 Å². The second-order valence-electron chi connectivity index (χ2n) is 12.1. The summed E-state index contributed by atoms with van der Waals surface area (Å²) in [6, 6.07) is 43.2. The Bertz CT molecular complexity index is 2580. The molecule has 4 aromatic heterocycles. The number of pyridine rings is 3.